The van der Waals surface area contributed by atoms with Gasteiger partial charge in [0.25, 0.3) is 0 Å². The Morgan fingerprint density at radius 1 is 1.50 bits per heavy atom. The van der Waals surface area contributed by atoms with Crippen LogP contribution in [0.4, 0.5) is 5.82 Å². The molecule has 0 aromatic carbocycles. The zero-order valence-corrected chi connectivity index (χ0v) is 15.8. The Morgan fingerprint density at radius 3 is 3.04 bits per heavy atom. The fourth-order valence-electron chi connectivity index (χ4n) is 3.10. The summed E-state index contributed by atoms with van der Waals surface area (Å²) < 4.78 is 0. The second kappa shape index (κ2) is 8.33. The predicted octanol–water partition coefficient (Wildman–Crippen LogP) is 3.98. The molecule has 134 valence electrons. The molecule has 0 bridgehead atoms. The first-order chi connectivity index (χ1) is 12.6. The minimum absolute atomic E-state index is 0.117. The van der Waals surface area contributed by atoms with Gasteiger partial charge >= 0.3 is 0 Å². The number of carbonyl (C=O) groups is 1. The SMILES string of the molecule is CCC(Sc1nc2c(cc1C#N)CC(C)CC2)C(=O)Nc1ccccn1. The van der Waals surface area contributed by atoms with Crippen LogP contribution in [0.1, 0.15) is 43.5 Å². The van der Waals surface area contributed by atoms with Crippen LogP contribution >= 0.6 is 11.8 Å². The largest absolute Gasteiger partial charge is 0.310 e. The smallest absolute Gasteiger partial charge is 0.239 e. The fraction of sp³-hybridized carbons (Fsp3) is 0.400. The molecule has 6 heteroatoms. The summed E-state index contributed by atoms with van der Waals surface area (Å²) in [6.45, 7) is 4.19. The number of hydrogen-bond acceptors (Lipinski definition) is 5. The minimum Gasteiger partial charge on any atom is -0.310 e. The molecule has 1 aliphatic rings. The second-order valence-corrected chi connectivity index (χ2v) is 7.82. The zero-order chi connectivity index (χ0) is 18.5. The van der Waals surface area contributed by atoms with E-state index in [0.717, 1.165) is 25.0 Å². The number of rotatable bonds is 5. The standard InChI is InChI=1S/C20H22N4OS/c1-3-17(19(25)24-18-6-4-5-9-22-18)26-20-15(12-21)11-14-10-13(2)7-8-16(14)23-20/h4-6,9,11,13,17H,3,7-8,10H2,1-2H3,(H,22,24,25). The van der Waals surface area contributed by atoms with Crippen molar-refractivity contribution in [1.29, 1.82) is 5.26 Å². The lowest BCUT2D eigenvalue weighted by Crippen LogP contribution is -2.25. The van der Waals surface area contributed by atoms with Crippen LogP contribution in [0.2, 0.25) is 0 Å². The van der Waals surface area contributed by atoms with Crippen molar-refractivity contribution in [3.05, 3.63) is 47.3 Å². The number of hydrogen-bond donors (Lipinski definition) is 1. The number of carbonyl (C=O) groups excluding carboxylic acids is 1. The molecular formula is C20H22N4OS. The Labute approximate surface area is 158 Å². The predicted molar refractivity (Wildman–Crippen MR) is 103 cm³/mol. The van der Waals surface area contributed by atoms with Crippen LogP contribution in [0, 0.1) is 17.2 Å². The maximum atomic E-state index is 12.6. The molecule has 26 heavy (non-hydrogen) atoms. The number of nitrogens with zero attached hydrogens (tertiary/aromatic N) is 3. The van der Waals surface area contributed by atoms with Gasteiger partial charge in [-0.25, -0.2) is 9.97 Å². The number of pyridine rings is 2. The van der Waals surface area contributed by atoms with Crippen molar-refractivity contribution >= 4 is 23.5 Å². The summed E-state index contributed by atoms with van der Waals surface area (Å²) in [6.07, 6.45) is 5.31. The van der Waals surface area contributed by atoms with Crippen LogP contribution in [0.3, 0.4) is 0 Å². The van der Waals surface area contributed by atoms with Gasteiger partial charge in [-0.05, 0) is 55.4 Å². The van der Waals surface area contributed by atoms with E-state index in [0.29, 0.717) is 28.7 Å². The van der Waals surface area contributed by atoms with Gasteiger partial charge in [-0.3, -0.25) is 4.79 Å². The molecule has 2 aromatic heterocycles. The van der Waals surface area contributed by atoms with Crippen molar-refractivity contribution in [2.45, 2.75) is 49.8 Å². The van der Waals surface area contributed by atoms with Crippen molar-refractivity contribution in [3.63, 3.8) is 0 Å². The number of amides is 1. The zero-order valence-electron chi connectivity index (χ0n) is 15.0. The third kappa shape index (κ3) is 4.23. The van der Waals surface area contributed by atoms with Gasteiger partial charge in [-0.15, -0.1) is 0 Å². The van der Waals surface area contributed by atoms with Crippen LogP contribution in [0.5, 0.6) is 0 Å². The Bertz CT molecular complexity index is 832. The first-order valence-corrected chi connectivity index (χ1v) is 9.80. The summed E-state index contributed by atoms with van der Waals surface area (Å²) >= 11 is 1.37. The van der Waals surface area contributed by atoms with Crippen molar-refractivity contribution in [1.82, 2.24) is 9.97 Å². The van der Waals surface area contributed by atoms with Gasteiger partial charge in [0, 0.05) is 11.9 Å². The molecule has 1 N–H and O–H groups in total. The summed E-state index contributed by atoms with van der Waals surface area (Å²) in [5, 5.41) is 12.7. The minimum atomic E-state index is -0.322. The fourth-order valence-corrected chi connectivity index (χ4v) is 4.09. The number of aryl methyl sites for hydroxylation is 1. The van der Waals surface area contributed by atoms with E-state index in [1.54, 1.807) is 18.3 Å². The van der Waals surface area contributed by atoms with Crippen LogP contribution in [-0.4, -0.2) is 21.1 Å². The molecule has 2 heterocycles. The molecule has 2 atom stereocenters. The molecule has 2 aromatic rings. The van der Waals surface area contributed by atoms with E-state index < -0.39 is 0 Å². The number of nitrogens with one attached hydrogen (secondary N) is 1. The van der Waals surface area contributed by atoms with Crippen molar-refractivity contribution < 1.29 is 4.79 Å². The molecule has 1 aliphatic carbocycles. The maximum absolute atomic E-state index is 12.6. The lowest BCUT2D eigenvalue weighted by atomic mass is 9.87. The highest BCUT2D eigenvalue weighted by Crippen LogP contribution is 2.32. The molecular weight excluding hydrogens is 344 g/mol. The number of nitriles is 1. The van der Waals surface area contributed by atoms with Crippen LogP contribution in [0.15, 0.2) is 35.5 Å². The monoisotopic (exact) mass is 366 g/mol. The lowest BCUT2D eigenvalue weighted by molar-refractivity contribution is -0.115. The molecule has 5 nitrogen and oxygen atoms in total. The van der Waals surface area contributed by atoms with E-state index in [1.807, 2.05) is 19.1 Å². The summed E-state index contributed by atoms with van der Waals surface area (Å²) in [5.41, 5.74) is 2.81. The van der Waals surface area contributed by atoms with Gasteiger partial charge in [0.2, 0.25) is 5.91 Å². The van der Waals surface area contributed by atoms with Gasteiger partial charge in [0.15, 0.2) is 0 Å². The van der Waals surface area contributed by atoms with E-state index in [9.17, 15) is 10.1 Å². The maximum Gasteiger partial charge on any atom is 0.239 e. The van der Waals surface area contributed by atoms with Gasteiger partial charge in [-0.1, -0.05) is 31.7 Å². The normalized spacial score (nSPS) is 17.0. The molecule has 3 rings (SSSR count). The summed E-state index contributed by atoms with van der Waals surface area (Å²) in [7, 11) is 0. The van der Waals surface area contributed by atoms with Gasteiger partial charge in [-0.2, -0.15) is 5.26 Å². The second-order valence-electron chi connectivity index (χ2n) is 6.63. The van der Waals surface area contributed by atoms with Crippen molar-refractivity contribution in [3.8, 4) is 6.07 Å². The summed E-state index contributed by atoms with van der Waals surface area (Å²) in [5.74, 6) is 1.04. The molecule has 0 spiro atoms. The van der Waals surface area contributed by atoms with Crippen molar-refractivity contribution in [2.75, 3.05) is 5.32 Å². The van der Waals surface area contributed by atoms with Gasteiger partial charge in [0.1, 0.15) is 16.9 Å². The molecule has 0 saturated heterocycles. The highest BCUT2D eigenvalue weighted by atomic mass is 32.2. The van der Waals surface area contributed by atoms with E-state index >= 15 is 0 Å². The Morgan fingerprint density at radius 2 is 2.35 bits per heavy atom. The third-order valence-electron chi connectivity index (χ3n) is 4.55. The quantitative estimate of drug-likeness (QED) is 0.810. The lowest BCUT2D eigenvalue weighted by Gasteiger charge is -2.22. The molecule has 0 fully saturated rings. The molecule has 0 saturated carbocycles. The highest BCUT2D eigenvalue weighted by molar-refractivity contribution is 8.00. The summed E-state index contributed by atoms with van der Waals surface area (Å²) in [4.78, 5) is 21.5. The average molecular weight is 366 g/mol. The van der Waals surface area contributed by atoms with E-state index in [2.05, 4.69) is 23.3 Å². The van der Waals surface area contributed by atoms with Gasteiger partial charge in [0.05, 0.1) is 10.8 Å². The Hall–Kier alpha value is -2.39. The Balaban J connectivity index is 1.79. The topological polar surface area (TPSA) is 78.7 Å². The van der Waals surface area contributed by atoms with E-state index in [4.69, 9.17) is 4.98 Å². The highest BCUT2D eigenvalue weighted by Gasteiger charge is 2.24. The molecule has 2 unspecified atom stereocenters. The first-order valence-electron chi connectivity index (χ1n) is 8.92. The molecule has 0 aliphatic heterocycles. The number of fused-ring (bicyclic) bond motifs is 1. The van der Waals surface area contributed by atoms with Crippen molar-refractivity contribution in [2.24, 2.45) is 5.92 Å². The summed E-state index contributed by atoms with van der Waals surface area (Å²) in [6, 6.07) is 9.61. The molecule has 1 amide bonds. The van der Waals surface area contributed by atoms with Gasteiger partial charge < -0.3 is 5.32 Å². The Kier molecular flexibility index (Phi) is 5.89. The van der Waals surface area contributed by atoms with Crippen LogP contribution < -0.4 is 5.32 Å². The van der Waals surface area contributed by atoms with E-state index in [-0.39, 0.29) is 11.2 Å². The van der Waals surface area contributed by atoms with E-state index in [1.165, 1.54) is 17.3 Å². The van der Waals surface area contributed by atoms with Crippen LogP contribution in [0.25, 0.3) is 0 Å². The molecule has 0 radical (unpaired) electrons. The number of aromatic nitrogens is 2. The average Bonchev–Trinajstić information content (AvgIpc) is 2.66. The number of anilines is 1. The third-order valence-corrected chi connectivity index (χ3v) is 5.92. The first kappa shape index (κ1) is 18.4. The van der Waals surface area contributed by atoms with Crippen LogP contribution in [-0.2, 0) is 17.6 Å². The number of thioether (sulfide) groups is 1.